The Balaban J connectivity index is 1.30. The molecular weight excluding hydrogens is 298 g/mol. The van der Waals surface area contributed by atoms with Crippen molar-refractivity contribution in [3.8, 4) is 11.6 Å². The van der Waals surface area contributed by atoms with Crippen molar-refractivity contribution in [2.45, 2.75) is 37.4 Å². The SMILES string of the molecule is Cc1ncoc1-c1nnc(SCCCC2CC3CN3C2)n1C. The lowest BCUT2D eigenvalue weighted by Crippen LogP contribution is -2.07. The molecule has 118 valence electrons. The summed E-state index contributed by atoms with van der Waals surface area (Å²) in [6.07, 6.45) is 5.46. The molecule has 3 atom stereocenters. The molecule has 4 rings (SSSR count). The maximum Gasteiger partial charge on any atom is 0.202 e. The van der Waals surface area contributed by atoms with E-state index in [4.69, 9.17) is 4.42 Å². The van der Waals surface area contributed by atoms with Crippen LogP contribution >= 0.6 is 11.8 Å². The Morgan fingerprint density at radius 3 is 3.00 bits per heavy atom. The lowest BCUT2D eigenvalue weighted by atomic mass is 10.0. The molecule has 3 unspecified atom stereocenters. The molecule has 2 aliphatic rings. The summed E-state index contributed by atoms with van der Waals surface area (Å²) in [5.74, 6) is 3.48. The van der Waals surface area contributed by atoms with E-state index in [0.29, 0.717) is 5.76 Å². The van der Waals surface area contributed by atoms with Gasteiger partial charge in [-0.3, -0.25) is 4.90 Å². The molecule has 2 saturated heterocycles. The van der Waals surface area contributed by atoms with Crippen LogP contribution in [0.15, 0.2) is 16.0 Å². The summed E-state index contributed by atoms with van der Waals surface area (Å²) in [4.78, 5) is 6.70. The maximum absolute atomic E-state index is 5.40. The third-order valence-corrected chi connectivity index (χ3v) is 5.80. The molecule has 4 heterocycles. The van der Waals surface area contributed by atoms with Gasteiger partial charge in [-0.2, -0.15) is 0 Å². The van der Waals surface area contributed by atoms with Gasteiger partial charge in [0.25, 0.3) is 0 Å². The number of aromatic nitrogens is 4. The van der Waals surface area contributed by atoms with Gasteiger partial charge in [0.15, 0.2) is 17.3 Å². The molecule has 0 aromatic carbocycles. The summed E-state index contributed by atoms with van der Waals surface area (Å²) < 4.78 is 7.40. The Hall–Kier alpha value is -1.34. The zero-order valence-corrected chi connectivity index (χ0v) is 13.8. The predicted octanol–water partition coefficient (Wildman–Crippen LogP) is 2.35. The quantitative estimate of drug-likeness (QED) is 0.463. The average molecular weight is 319 g/mol. The zero-order chi connectivity index (χ0) is 15.1. The normalized spacial score (nSPS) is 26.4. The summed E-state index contributed by atoms with van der Waals surface area (Å²) in [5.41, 5.74) is 0.849. The second kappa shape index (κ2) is 5.70. The number of oxazole rings is 1. The largest absolute Gasteiger partial charge is 0.440 e. The lowest BCUT2D eigenvalue weighted by molar-refractivity contribution is 0.450. The lowest BCUT2D eigenvalue weighted by Gasteiger charge is -2.10. The highest BCUT2D eigenvalue weighted by atomic mass is 32.2. The molecule has 0 aliphatic carbocycles. The minimum atomic E-state index is 0.709. The minimum Gasteiger partial charge on any atom is -0.440 e. The van der Waals surface area contributed by atoms with Crippen LogP contribution in [0.25, 0.3) is 11.6 Å². The summed E-state index contributed by atoms with van der Waals surface area (Å²) in [5, 5.41) is 9.47. The molecule has 2 aliphatic heterocycles. The van der Waals surface area contributed by atoms with Crippen molar-refractivity contribution < 1.29 is 4.42 Å². The first-order valence-electron chi connectivity index (χ1n) is 7.89. The fourth-order valence-electron chi connectivity index (χ4n) is 3.36. The van der Waals surface area contributed by atoms with Gasteiger partial charge in [-0.1, -0.05) is 11.8 Å². The molecule has 0 bridgehead atoms. The van der Waals surface area contributed by atoms with E-state index >= 15 is 0 Å². The second-order valence-electron chi connectivity index (χ2n) is 6.33. The summed E-state index contributed by atoms with van der Waals surface area (Å²) in [7, 11) is 1.98. The third-order valence-electron chi connectivity index (χ3n) is 4.70. The van der Waals surface area contributed by atoms with Gasteiger partial charge >= 0.3 is 0 Å². The van der Waals surface area contributed by atoms with E-state index in [-0.39, 0.29) is 0 Å². The number of hydrogen-bond donors (Lipinski definition) is 0. The second-order valence-corrected chi connectivity index (χ2v) is 7.39. The number of thioether (sulfide) groups is 1. The van der Waals surface area contributed by atoms with Crippen molar-refractivity contribution in [1.82, 2.24) is 24.6 Å². The van der Waals surface area contributed by atoms with Gasteiger partial charge in [-0.15, -0.1) is 10.2 Å². The number of piperidine rings is 1. The Morgan fingerprint density at radius 1 is 1.36 bits per heavy atom. The fourth-order valence-corrected chi connectivity index (χ4v) is 4.23. The van der Waals surface area contributed by atoms with Gasteiger partial charge in [0.05, 0.1) is 5.69 Å². The highest BCUT2D eigenvalue weighted by Crippen LogP contribution is 2.36. The van der Waals surface area contributed by atoms with Crippen molar-refractivity contribution in [3.63, 3.8) is 0 Å². The Kier molecular flexibility index (Phi) is 3.69. The molecule has 7 heteroatoms. The monoisotopic (exact) mass is 319 g/mol. The third kappa shape index (κ3) is 2.67. The van der Waals surface area contributed by atoms with E-state index in [1.807, 2.05) is 18.5 Å². The Morgan fingerprint density at radius 2 is 2.27 bits per heavy atom. The van der Waals surface area contributed by atoms with Crippen LogP contribution in [0, 0.1) is 12.8 Å². The van der Waals surface area contributed by atoms with E-state index in [9.17, 15) is 0 Å². The summed E-state index contributed by atoms with van der Waals surface area (Å²) in [6.45, 7) is 4.60. The molecule has 2 fully saturated rings. The van der Waals surface area contributed by atoms with Crippen LogP contribution < -0.4 is 0 Å². The molecule has 2 aromatic heterocycles. The van der Waals surface area contributed by atoms with Crippen molar-refractivity contribution in [2.24, 2.45) is 13.0 Å². The van der Waals surface area contributed by atoms with Crippen LogP contribution in [0.5, 0.6) is 0 Å². The summed E-state index contributed by atoms with van der Waals surface area (Å²) >= 11 is 1.78. The number of hydrogen-bond acceptors (Lipinski definition) is 6. The van der Waals surface area contributed by atoms with Gasteiger partial charge in [-0.05, 0) is 32.1 Å². The van der Waals surface area contributed by atoms with E-state index in [2.05, 4.69) is 20.1 Å². The first kappa shape index (κ1) is 14.3. The molecule has 6 nitrogen and oxygen atoms in total. The Labute approximate surface area is 134 Å². The van der Waals surface area contributed by atoms with E-state index in [1.54, 1.807) is 11.8 Å². The van der Waals surface area contributed by atoms with Crippen LogP contribution in [0.4, 0.5) is 0 Å². The highest BCUT2D eigenvalue weighted by Gasteiger charge is 2.42. The van der Waals surface area contributed by atoms with Gasteiger partial charge in [0, 0.05) is 31.9 Å². The molecule has 0 N–H and O–H groups in total. The van der Waals surface area contributed by atoms with Gasteiger partial charge < -0.3 is 8.98 Å². The zero-order valence-electron chi connectivity index (χ0n) is 13.0. The molecule has 2 aromatic rings. The first-order valence-corrected chi connectivity index (χ1v) is 8.87. The van der Waals surface area contributed by atoms with Crippen LogP contribution in [-0.2, 0) is 7.05 Å². The van der Waals surface area contributed by atoms with Crippen LogP contribution in [0.3, 0.4) is 0 Å². The maximum atomic E-state index is 5.40. The molecule has 0 saturated carbocycles. The fraction of sp³-hybridized carbons (Fsp3) is 0.667. The predicted molar refractivity (Wildman–Crippen MR) is 84.7 cm³/mol. The smallest absolute Gasteiger partial charge is 0.202 e. The first-order chi connectivity index (χ1) is 10.7. The minimum absolute atomic E-state index is 0.709. The molecular formula is C15H21N5OS. The molecule has 0 radical (unpaired) electrons. The average Bonchev–Trinajstić information content (AvgIpc) is 2.86. The number of rotatable bonds is 6. The highest BCUT2D eigenvalue weighted by molar-refractivity contribution is 7.99. The van der Waals surface area contributed by atoms with E-state index in [1.165, 1.54) is 38.7 Å². The van der Waals surface area contributed by atoms with Gasteiger partial charge in [0.1, 0.15) is 0 Å². The van der Waals surface area contributed by atoms with E-state index in [0.717, 1.165) is 34.4 Å². The van der Waals surface area contributed by atoms with E-state index < -0.39 is 0 Å². The Bertz CT molecular complexity index is 657. The number of fused-ring (bicyclic) bond motifs is 1. The number of nitrogens with zero attached hydrogens (tertiary/aromatic N) is 5. The van der Waals surface area contributed by atoms with Crippen LogP contribution in [0.2, 0.25) is 0 Å². The summed E-state index contributed by atoms with van der Waals surface area (Å²) in [6, 6.07) is 0.934. The van der Waals surface area contributed by atoms with Gasteiger partial charge in [-0.25, -0.2) is 4.98 Å². The van der Waals surface area contributed by atoms with Crippen LogP contribution in [-0.4, -0.2) is 49.5 Å². The standard InChI is InChI=1S/C15H21N5OS/c1-10-13(21-9-16-10)14-17-18-15(19(14)2)22-5-3-4-11-6-12-8-20(12)7-11/h9,11-12H,3-8H2,1-2H3. The van der Waals surface area contributed by atoms with Crippen molar-refractivity contribution >= 4 is 11.8 Å². The van der Waals surface area contributed by atoms with Gasteiger partial charge in [0.2, 0.25) is 5.82 Å². The topological polar surface area (TPSA) is 59.8 Å². The van der Waals surface area contributed by atoms with Crippen molar-refractivity contribution in [2.75, 3.05) is 18.8 Å². The van der Waals surface area contributed by atoms with Crippen molar-refractivity contribution in [3.05, 3.63) is 12.1 Å². The molecule has 22 heavy (non-hydrogen) atoms. The van der Waals surface area contributed by atoms with Crippen molar-refractivity contribution in [1.29, 1.82) is 0 Å². The molecule has 0 spiro atoms. The van der Waals surface area contributed by atoms with Crippen LogP contribution in [0.1, 0.15) is 25.0 Å². The number of aryl methyl sites for hydroxylation is 1. The molecule has 0 amide bonds.